The van der Waals surface area contributed by atoms with E-state index in [1.165, 1.54) is 0 Å². The van der Waals surface area contributed by atoms with Crippen molar-refractivity contribution in [3.63, 3.8) is 0 Å². The van der Waals surface area contributed by atoms with Gasteiger partial charge in [0.2, 0.25) is 5.91 Å². The summed E-state index contributed by atoms with van der Waals surface area (Å²) >= 11 is 0. The number of carboxylic acids is 1. The van der Waals surface area contributed by atoms with E-state index in [1.807, 2.05) is 37.3 Å². The van der Waals surface area contributed by atoms with Crippen molar-refractivity contribution in [2.24, 2.45) is 5.41 Å². The smallest absolute Gasteiger partial charge is 0.310 e. The molecular formula is C21H24N2O3. The van der Waals surface area contributed by atoms with Gasteiger partial charge in [0.05, 0.1) is 5.41 Å². The monoisotopic (exact) mass is 352 g/mol. The van der Waals surface area contributed by atoms with Crippen molar-refractivity contribution >= 4 is 11.9 Å². The normalized spacial score (nSPS) is 15.1. The number of nitrogens with zero attached hydrogens (tertiary/aromatic N) is 2. The van der Waals surface area contributed by atoms with Crippen molar-refractivity contribution in [3.8, 4) is 11.1 Å². The molecule has 0 radical (unpaired) electrons. The molecule has 1 amide bonds. The molecular weight excluding hydrogens is 328 g/mol. The summed E-state index contributed by atoms with van der Waals surface area (Å²) in [5.41, 5.74) is 2.35. The Morgan fingerprint density at radius 1 is 1.15 bits per heavy atom. The number of carbonyl (C=O) groups is 2. The average Bonchev–Trinajstić information content (AvgIpc) is 2.63. The quantitative estimate of drug-likeness (QED) is 0.824. The molecule has 0 spiro atoms. The lowest BCUT2D eigenvalue weighted by molar-refractivity contribution is -0.159. The lowest BCUT2D eigenvalue weighted by Gasteiger charge is -2.38. The first-order valence-electron chi connectivity index (χ1n) is 9.04. The number of hydrogen-bond acceptors (Lipinski definition) is 3. The molecule has 1 aliphatic rings. The average molecular weight is 352 g/mol. The Hall–Kier alpha value is -2.69. The molecule has 0 atom stereocenters. The van der Waals surface area contributed by atoms with Crippen LogP contribution < -0.4 is 0 Å². The molecule has 5 nitrogen and oxygen atoms in total. The molecule has 1 heterocycles. The molecule has 5 heteroatoms. The summed E-state index contributed by atoms with van der Waals surface area (Å²) in [7, 11) is 0. The Bertz CT molecular complexity index is 785. The molecule has 0 aliphatic heterocycles. The van der Waals surface area contributed by atoms with Gasteiger partial charge in [0, 0.05) is 31.9 Å². The van der Waals surface area contributed by atoms with E-state index in [9.17, 15) is 14.7 Å². The van der Waals surface area contributed by atoms with Crippen molar-refractivity contribution < 1.29 is 14.7 Å². The second-order valence-corrected chi connectivity index (χ2v) is 6.96. The van der Waals surface area contributed by atoms with Crippen molar-refractivity contribution in [2.75, 3.05) is 6.54 Å². The van der Waals surface area contributed by atoms with Gasteiger partial charge in [0.1, 0.15) is 0 Å². The molecule has 1 aliphatic carbocycles. The fraction of sp³-hybridized carbons (Fsp3) is 0.381. The number of aliphatic carboxylic acids is 1. The van der Waals surface area contributed by atoms with E-state index in [-0.39, 0.29) is 12.3 Å². The molecule has 0 unspecified atom stereocenters. The third kappa shape index (κ3) is 3.77. The van der Waals surface area contributed by atoms with Gasteiger partial charge in [-0.05, 0) is 54.7 Å². The van der Waals surface area contributed by atoms with Crippen molar-refractivity contribution in [2.45, 2.75) is 39.2 Å². The summed E-state index contributed by atoms with van der Waals surface area (Å²) in [6, 6.07) is 12.0. The van der Waals surface area contributed by atoms with Crippen LogP contribution in [0.25, 0.3) is 11.1 Å². The largest absolute Gasteiger partial charge is 0.481 e. The highest BCUT2D eigenvalue weighted by Crippen LogP contribution is 2.44. The second kappa shape index (κ2) is 7.68. The summed E-state index contributed by atoms with van der Waals surface area (Å²) in [6.07, 6.45) is 5.70. The lowest BCUT2D eigenvalue weighted by Crippen LogP contribution is -2.43. The zero-order chi connectivity index (χ0) is 18.6. The van der Waals surface area contributed by atoms with Crippen LogP contribution in [0.5, 0.6) is 0 Å². The molecule has 1 aromatic carbocycles. The molecule has 0 bridgehead atoms. The van der Waals surface area contributed by atoms with Crippen LogP contribution in [0.15, 0.2) is 48.8 Å². The van der Waals surface area contributed by atoms with Gasteiger partial charge >= 0.3 is 5.97 Å². The maximum absolute atomic E-state index is 12.7. The van der Waals surface area contributed by atoms with Crippen LogP contribution in [0.4, 0.5) is 0 Å². The number of amides is 1. The summed E-state index contributed by atoms with van der Waals surface area (Å²) < 4.78 is 0. The van der Waals surface area contributed by atoms with Crippen molar-refractivity contribution in [3.05, 3.63) is 54.4 Å². The molecule has 1 aromatic heterocycles. The van der Waals surface area contributed by atoms with Gasteiger partial charge in [-0.2, -0.15) is 0 Å². The fourth-order valence-electron chi connectivity index (χ4n) is 3.46. The van der Waals surface area contributed by atoms with Gasteiger partial charge in [0.15, 0.2) is 0 Å². The van der Waals surface area contributed by atoms with Crippen LogP contribution in [-0.2, 0) is 16.1 Å². The Kier molecular flexibility index (Phi) is 5.35. The summed E-state index contributed by atoms with van der Waals surface area (Å²) in [5, 5.41) is 9.46. The van der Waals surface area contributed by atoms with E-state index < -0.39 is 11.4 Å². The molecule has 1 saturated carbocycles. The second-order valence-electron chi connectivity index (χ2n) is 6.96. The van der Waals surface area contributed by atoms with Crippen LogP contribution >= 0.6 is 0 Å². The first kappa shape index (κ1) is 18.1. The Morgan fingerprint density at radius 3 is 2.46 bits per heavy atom. The van der Waals surface area contributed by atoms with E-state index in [1.54, 1.807) is 17.3 Å². The maximum Gasteiger partial charge on any atom is 0.310 e. The SMILES string of the molecule is CCN(Cc1cccc(-c2ccncc2)c1)C(=O)CC1(C(=O)O)CCC1. The standard InChI is InChI=1S/C21H24N2O3/c1-2-23(19(24)14-21(20(25)26)9-4-10-21)15-16-5-3-6-18(13-16)17-7-11-22-12-8-17/h3,5-8,11-13H,2,4,9-10,14-15H2,1H3,(H,25,26). The molecule has 136 valence electrons. The predicted molar refractivity (Wildman–Crippen MR) is 99.3 cm³/mol. The van der Waals surface area contributed by atoms with Gasteiger partial charge in [-0.1, -0.05) is 24.6 Å². The zero-order valence-corrected chi connectivity index (χ0v) is 15.0. The number of benzene rings is 1. The highest BCUT2D eigenvalue weighted by atomic mass is 16.4. The van der Waals surface area contributed by atoms with Crippen molar-refractivity contribution in [1.29, 1.82) is 0 Å². The molecule has 0 saturated heterocycles. The van der Waals surface area contributed by atoms with Gasteiger partial charge in [-0.25, -0.2) is 0 Å². The van der Waals surface area contributed by atoms with E-state index in [2.05, 4.69) is 11.1 Å². The first-order valence-corrected chi connectivity index (χ1v) is 9.04. The molecule has 26 heavy (non-hydrogen) atoms. The third-order valence-corrected chi connectivity index (χ3v) is 5.30. The molecule has 2 aromatic rings. The van der Waals surface area contributed by atoms with Crippen LogP contribution in [0.1, 0.15) is 38.2 Å². The summed E-state index contributed by atoms with van der Waals surface area (Å²) in [4.78, 5) is 30.0. The van der Waals surface area contributed by atoms with Crippen LogP contribution in [0.2, 0.25) is 0 Å². The minimum absolute atomic E-state index is 0.0797. The van der Waals surface area contributed by atoms with Crippen LogP contribution in [0.3, 0.4) is 0 Å². The van der Waals surface area contributed by atoms with E-state index in [0.717, 1.165) is 23.1 Å². The van der Waals surface area contributed by atoms with Gasteiger partial charge in [0.25, 0.3) is 0 Å². The van der Waals surface area contributed by atoms with Crippen LogP contribution in [-0.4, -0.2) is 33.4 Å². The van der Waals surface area contributed by atoms with Gasteiger partial charge in [-0.15, -0.1) is 0 Å². The van der Waals surface area contributed by atoms with E-state index in [4.69, 9.17) is 0 Å². The lowest BCUT2D eigenvalue weighted by atomic mass is 9.66. The first-order chi connectivity index (χ1) is 12.5. The molecule has 1 N–H and O–H groups in total. The minimum atomic E-state index is -0.844. The molecule has 1 fully saturated rings. The molecule has 3 rings (SSSR count). The number of pyridine rings is 1. The van der Waals surface area contributed by atoms with Gasteiger partial charge < -0.3 is 10.0 Å². The zero-order valence-electron chi connectivity index (χ0n) is 15.0. The Labute approximate surface area is 153 Å². The number of aromatic nitrogens is 1. The van der Waals surface area contributed by atoms with E-state index >= 15 is 0 Å². The minimum Gasteiger partial charge on any atom is -0.481 e. The number of hydrogen-bond donors (Lipinski definition) is 1. The maximum atomic E-state index is 12.7. The summed E-state index contributed by atoms with van der Waals surface area (Å²) in [5.74, 6) is -0.920. The Balaban J connectivity index is 1.72. The number of carbonyl (C=O) groups excluding carboxylic acids is 1. The topological polar surface area (TPSA) is 70.5 Å². The number of rotatable bonds is 7. The van der Waals surface area contributed by atoms with Gasteiger partial charge in [-0.3, -0.25) is 14.6 Å². The number of carboxylic acid groups (broad SMARTS) is 1. The summed E-state index contributed by atoms with van der Waals surface area (Å²) in [6.45, 7) is 2.98. The highest BCUT2D eigenvalue weighted by molar-refractivity contribution is 5.85. The van der Waals surface area contributed by atoms with Crippen molar-refractivity contribution in [1.82, 2.24) is 9.88 Å². The van der Waals surface area contributed by atoms with Crippen LogP contribution in [0, 0.1) is 5.41 Å². The fourth-order valence-corrected chi connectivity index (χ4v) is 3.46. The highest BCUT2D eigenvalue weighted by Gasteiger charge is 2.46. The van der Waals surface area contributed by atoms with E-state index in [0.29, 0.717) is 25.9 Å². The Morgan fingerprint density at radius 2 is 1.88 bits per heavy atom. The third-order valence-electron chi connectivity index (χ3n) is 5.30. The predicted octanol–water partition coefficient (Wildman–Crippen LogP) is 3.74.